The largest absolute Gasteiger partial charge is 0.493 e. The van der Waals surface area contributed by atoms with Gasteiger partial charge in [0.15, 0.2) is 16.7 Å². The smallest absolute Gasteiger partial charge is 0.283 e. The van der Waals surface area contributed by atoms with Crippen LogP contribution in [0.5, 0.6) is 11.5 Å². The standard InChI is InChI=1S/C23H23N3O3S/c1-28-18-12-11-14(13-19(18)29-2)26-22(27)21-20(16-9-5-6-10-17(16)24-21)25-23(26)30-15-7-3-4-8-15/h5-6,9-13,15,24H,3-4,7-8H2,1-2H3. The van der Waals surface area contributed by atoms with Gasteiger partial charge >= 0.3 is 0 Å². The van der Waals surface area contributed by atoms with Crippen LogP contribution < -0.4 is 15.0 Å². The normalized spacial score (nSPS) is 14.6. The molecule has 0 amide bonds. The van der Waals surface area contributed by atoms with Gasteiger partial charge in [-0.3, -0.25) is 9.36 Å². The summed E-state index contributed by atoms with van der Waals surface area (Å²) in [6.45, 7) is 0. The van der Waals surface area contributed by atoms with Gasteiger partial charge in [-0.1, -0.05) is 42.8 Å². The fraction of sp³-hybridized carbons (Fsp3) is 0.304. The van der Waals surface area contributed by atoms with Crippen molar-refractivity contribution in [1.29, 1.82) is 0 Å². The highest BCUT2D eigenvalue weighted by atomic mass is 32.2. The van der Waals surface area contributed by atoms with Crippen molar-refractivity contribution >= 4 is 33.7 Å². The van der Waals surface area contributed by atoms with Crippen molar-refractivity contribution < 1.29 is 9.47 Å². The van der Waals surface area contributed by atoms with E-state index < -0.39 is 0 Å². The molecule has 1 aliphatic carbocycles. The second-order valence-electron chi connectivity index (χ2n) is 7.49. The summed E-state index contributed by atoms with van der Waals surface area (Å²) in [7, 11) is 3.20. The lowest BCUT2D eigenvalue weighted by molar-refractivity contribution is 0.354. The molecule has 0 atom stereocenters. The number of fused-ring (bicyclic) bond motifs is 3. The fourth-order valence-corrected chi connectivity index (χ4v) is 5.47. The quantitative estimate of drug-likeness (QED) is 0.463. The van der Waals surface area contributed by atoms with Crippen LogP contribution in [0.25, 0.3) is 27.6 Å². The van der Waals surface area contributed by atoms with E-state index in [1.165, 1.54) is 12.8 Å². The van der Waals surface area contributed by atoms with Gasteiger partial charge in [0.1, 0.15) is 11.0 Å². The van der Waals surface area contributed by atoms with Gasteiger partial charge in [-0.05, 0) is 31.0 Å². The number of aromatic amines is 1. The molecular weight excluding hydrogens is 398 g/mol. The molecule has 0 saturated heterocycles. The van der Waals surface area contributed by atoms with Crippen molar-refractivity contribution in [1.82, 2.24) is 14.5 Å². The number of hydrogen-bond donors (Lipinski definition) is 1. The van der Waals surface area contributed by atoms with Crippen LogP contribution in [0.1, 0.15) is 25.7 Å². The van der Waals surface area contributed by atoms with Crippen LogP contribution in [0.4, 0.5) is 0 Å². The second-order valence-corrected chi connectivity index (χ2v) is 8.76. The number of aromatic nitrogens is 3. The van der Waals surface area contributed by atoms with Crippen molar-refractivity contribution in [2.24, 2.45) is 0 Å². The Morgan fingerprint density at radius 3 is 2.60 bits per heavy atom. The molecule has 5 rings (SSSR count). The number of rotatable bonds is 5. The maximum Gasteiger partial charge on any atom is 0.283 e. The Labute approximate surface area is 178 Å². The minimum absolute atomic E-state index is 0.107. The second kappa shape index (κ2) is 7.72. The zero-order chi connectivity index (χ0) is 20.7. The molecule has 6 nitrogen and oxygen atoms in total. The van der Waals surface area contributed by atoms with E-state index in [4.69, 9.17) is 14.5 Å². The highest BCUT2D eigenvalue weighted by molar-refractivity contribution is 7.99. The number of nitrogens with zero attached hydrogens (tertiary/aromatic N) is 2. The first-order valence-corrected chi connectivity index (χ1v) is 11.0. The third-order valence-corrected chi connectivity index (χ3v) is 6.98. The third-order valence-electron chi connectivity index (χ3n) is 5.69. The lowest BCUT2D eigenvalue weighted by Crippen LogP contribution is -2.22. The lowest BCUT2D eigenvalue weighted by atomic mass is 10.2. The molecule has 0 unspecified atom stereocenters. The Balaban J connectivity index is 1.77. The van der Waals surface area contributed by atoms with Gasteiger partial charge in [0, 0.05) is 22.2 Å². The number of para-hydroxylation sites is 1. The maximum absolute atomic E-state index is 13.7. The Bertz CT molecular complexity index is 1290. The highest BCUT2D eigenvalue weighted by Gasteiger charge is 2.23. The highest BCUT2D eigenvalue weighted by Crippen LogP contribution is 2.36. The summed E-state index contributed by atoms with van der Waals surface area (Å²) in [6.07, 6.45) is 4.76. The molecule has 4 aromatic rings. The molecule has 154 valence electrons. The molecule has 0 spiro atoms. The van der Waals surface area contributed by atoms with Crippen LogP contribution in [0.15, 0.2) is 52.4 Å². The molecule has 1 saturated carbocycles. The number of ether oxygens (including phenoxy) is 2. The van der Waals surface area contributed by atoms with Crippen molar-refractivity contribution in [3.63, 3.8) is 0 Å². The molecular formula is C23H23N3O3S. The van der Waals surface area contributed by atoms with E-state index >= 15 is 0 Å². The van der Waals surface area contributed by atoms with Gasteiger partial charge in [-0.15, -0.1) is 0 Å². The van der Waals surface area contributed by atoms with Crippen LogP contribution in [0, 0.1) is 0 Å². The van der Waals surface area contributed by atoms with E-state index in [0.29, 0.717) is 28.0 Å². The van der Waals surface area contributed by atoms with Crippen LogP contribution >= 0.6 is 11.8 Å². The molecule has 1 fully saturated rings. The number of methoxy groups -OCH3 is 2. The minimum atomic E-state index is -0.107. The van der Waals surface area contributed by atoms with E-state index in [1.807, 2.05) is 42.5 Å². The molecule has 7 heteroatoms. The number of hydrogen-bond acceptors (Lipinski definition) is 5. The first-order valence-electron chi connectivity index (χ1n) is 10.1. The van der Waals surface area contributed by atoms with E-state index in [1.54, 1.807) is 30.5 Å². The van der Waals surface area contributed by atoms with Gasteiger partial charge in [-0.25, -0.2) is 4.98 Å². The summed E-state index contributed by atoms with van der Waals surface area (Å²) in [5.41, 5.74) is 2.77. The van der Waals surface area contributed by atoms with E-state index in [2.05, 4.69) is 4.98 Å². The molecule has 0 aliphatic heterocycles. The molecule has 1 aliphatic rings. The monoisotopic (exact) mass is 421 g/mol. The summed E-state index contributed by atoms with van der Waals surface area (Å²) >= 11 is 1.70. The predicted octanol–water partition coefficient (Wildman–Crippen LogP) is 4.92. The molecule has 2 heterocycles. The van der Waals surface area contributed by atoms with E-state index in [9.17, 15) is 4.79 Å². The maximum atomic E-state index is 13.7. The van der Waals surface area contributed by atoms with Gasteiger partial charge < -0.3 is 14.5 Å². The van der Waals surface area contributed by atoms with Crippen LogP contribution in [-0.2, 0) is 0 Å². The summed E-state index contributed by atoms with van der Waals surface area (Å²) in [5.74, 6) is 1.20. The average Bonchev–Trinajstić information content (AvgIpc) is 3.42. The molecule has 2 aromatic heterocycles. The lowest BCUT2D eigenvalue weighted by Gasteiger charge is -2.16. The first kappa shape index (κ1) is 19.1. The van der Waals surface area contributed by atoms with Gasteiger partial charge in [0.05, 0.1) is 19.9 Å². The number of benzene rings is 2. The minimum Gasteiger partial charge on any atom is -0.493 e. The SMILES string of the molecule is COc1ccc(-n2c(SC3CCCC3)nc3c([nH]c4ccccc43)c2=O)cc1OC. The Kier molecular flexibility index (Phi) is 4.90. The zero-order valence-electron chi connectivity index (χ0n) is 17.0. The van der Waals surface area contributed by atoms with E-state index in [-0.39, 0.29) is 5.56 Å². The molecule has 0 bridgehead atoms. The number of thioether (sulfide) groups is 1. The van der Waals surface area contributed by atoms with Crippen LogP contribution in [-0.4, -0.2) is 34.0 Å². The summed E-state index contributed by atoms with van der Waals surface area (Å²) in [6, 6.07) is 13.4. The summed E-state index contributed by atoms with van der Waals surface area (Å²) in [5, 5.41) is 2.17. The zero-order valence-corrected chi connectivity index (χ0v) is 17.8. The van der Waals surface area contributed by atoms with E-state index in [0.717, 1.165) is 34.4 Å². The molecule has 30 heavy (non-hydrogen) atoms. The number of H-pyrrole nitrogens is 1. The molecule has 0 radical (unpaired) electrons. The van der Waals surface area contributed by atoms with Crippen LogP contribution in [0.2, 0.25) is 0 Å². The summed E-state index contributed by atoms with van der Waals surface area (Å²) in [4.78, 5) is 21.9. The molecule has 2 aromatic carbocycles. The Morgan fingerprint density at radius 2 is 1.83 bits per heavy atom. The van der Waals surface area contributed by atoms with Crippen LogP contribution in [0.3, 0.4) is 0 Å². The topological polar surface area (TPSA) is 69.1 Å². The first-order chi connectivity index (χ1) is 14.7. The van der Waals surface area contributed by atoms with Crippen molar-refractivity contribution in [3.05, 3.63) is 52.8 Å². The molecule has 1 N–H and O–H groups in total. The van der Waals surface area contributed by atoms with Gasteiger partial charge in [-0.2, -0.15) is 0 Å². The van der Waals surface area contributed by atoms with Crippen molar-refractivity contribution in [2.45, 2.75) is 36.1 Å². The van der Waals surface area contributed by atoms with Gasteiger partial charge in [0.25, 0.3) is 5.56 Å². The third kappa shape index (κ3) is 3.13. The Hall–Kier alpha value is -2.93. The number of nitrogens with one attached hydrogen (secondary N) is 1. The Morgan fingerprint density at radius 1 is 1.07 bits per heavy atom. The van der Waals surface area contributed by atoms with Gasteiger partial charge in [0.2, 0.25) is 0 Å². The fourth-order valence-electron chi connectivity index (χ4n) is 4.17. The van der Waals surface area contributed by atoms with Crippen molar-refractivity contribution in [3.8, 4) is 17.2 Å². The average molecular weight is 422 g/mol. The van der Waals surface area contributed by atoms with Crippen molar-refractivity contribution in [2.75, 3.05) is 14.2 Å². The summed E-state index contributed by atoms with van der Waals surface area (Å²) < 4.78 is 12.5. The predicted molar refractivity (Wildman–Crippen MR) is 120 cm³/mol.